The molecular weight excluding hydrogens is 148 g/mol. The summed E-state index contributed by atoms with van der Waals surface area (Å²) in [6, 6.07) is 2.39. The zero-order valence-corrected chi connectivity index (χ0v) is 6.26. The molecule has 64 valence electrons. The van der Waals surface area contributed by atoms with Crippen molar-refractivity contribution in [3.05, 3.63) is 30.1 Å². The van der Waals surface area contributed by atoms with Crippen molar-refractivity contribution < 1.29 is 12.3 Å². The molecule has 0 unspecified atom stereocenters. The summed E-state index contributed by atoms with van der Waals surface area (Å²) >= 11 is 0. The quantitative estimate of drug-likeness (QED) is 0.693. The van der Waals surface area contributed by atoms with Gasteiger partial charge in [0.1, 0.15) is 0 Å². The van der Waals surface area contributed by atoms with E-state index in [1.54, 1.807) is 5.32 Å². The van der Waals surface area contributed by atoms with Gasteiger partial charge in [0.25, 0.3) is 0 Å². The Bertz CT molecular complexity index is 517. The highest BCUT2D eigenvalue weighted by molar-refractivity contribution is 5.16. The number of piperidine rings is 1. The van der Waals surface area contributed by atoms with Crippen molar-refractivity contribution >= 4 is 0 Å². The fraction of sp³-hybridized carbons (Fsp3) is 0.500. The first-order valence-corrected chi connectivity index (χ1v) is 3.51. The second kappa shape index (κ2) is 3.68. The topological polar surface area (TPSA) is 24.9 Å². The highest BCUT2D eigenvalue weighted by Gasteiger charge is 2.13. The van der Waals surface area contributed by atoms with E-state index in [9.17, 15) is 0 Å². The van der Waals surface area contributed by atoms with Gasteiger partial charge >= 0.3 is 0 Å². The maximum absolute atomic E-state index is 8.38. The summed E-state index contributed by atoms with van der Waals surface area (Å²) < 4.78 is 71.1. The van der Waals surface area contributed by atoms with Crippen molar-refractivity contribution in [3.63, 3.8) is 0 Å². The second-order valence-electron chi connectivity index (χ2n) is 2.24. The number of hydrogen-bond acceptors (Lipinski definition) is 2. The number of nitrogens with one attached hydrogen (secondary N) is 1. The molecule has 0 spiro atoms. The van der Waals surface area contributed by atoms with Gasteiger partial charge < -0.3 is 5.32 Å². The lowest BCUT2D eigenvalue weighted by Crippen LogP contribution is -2.26. The SMILES string of the molecule is [2H]C1([2H])NC([2H])([2H])C([2H])([2H])C([2H])(c2ccncc2)C1([2H])[2H]. The third-order valence-electron chi connectivity index (χ3n) is 1.47. The maximum atomic E-state index is 8.38. The van der Waals surface area contributed by atoms with Crippen molar-refractivity contribution in [2.75, 3.05) is 13.0 Å². The van der Waals surface area contributed by atoms with E-state index in [-0.39, 0.29) is 5.56 Å². The molecule has 0 saturated carbocycles. The van der Waals surface area contributed by atoms with Gasteiger partial charge in [0.2, 0.25) is 0 Å². The monoisotopic (exact) mass is 171 g/mol. The zero-order chi connectivity index (χ0) is 16.3. The van der Waals surface area contributed by atoms with Crippen LogP contribution in [0.25, 0.3) is 0 Å². The van der Waals surface area contributed by atoms with E-state index in [4.69, 9.17) is 12.3 Å². The lowest BCUT2D eigenvalue weighted by molar-refractivity contribution is 0.460. The summed E-state index contributed by atoms with van der Waals surface area (Å²) in [5.41, 5.74) is -0.179. The van der Waals surface area contributed by atoms with Crippen LogP contribution in [0, 0.1) is 0 Å². The number of nitrogens with zero attached hydrogens (tertiary/aromatic N) is 1. The molecule has 1 N–H and O–H groups in total. The van der Waals surface area contributed by atoms with E-state index in [1.165, 1.54) is 24.5 Å². The van der Waals surface area contributed by atoms with E-state index in [1.807, 2.05) is 0 Å². The Labute approximate surface area is 85.7 Å². The minimum atomic E-state index is -3.03. The minimum Gasteiger partial charge on any atom is -0.317 e. The van der Waals surface area contributed by atoms with Crippen molar-refractivity contribution in [1.82, 2.24) is 10.3 Å². The third-order valence-corrected chi connectivity index (χ3v) is 1.47. The van der Waals surface area contributed by atoms with Crippen LogP contribution in [0.1, 0.15) is 36.5 Å². The van der Waals surface area contributed by atoms with Crippen LogP contribution in [0.15, 0.2) is 24.5 Å². The van der Waals surface area contributed by atoms with Crippen molar-refractivity contribution in [2.45, 2.75) is 18.6 Å². The van der Waals surface area contributed by atoms with E-state index in [2.05, 4.69) is 4.98 Å². The van der Waals surface area contributed by atoms with E-state index < -0.39 is 31.6 Å². The molecule has 1 aromatic heterocycles. The molecule has 0 aliphatic carbocycles. The number of hydrogen-bond donors (Lipinski definition) is 1. The predicted molar refractivity (Wildman–Crippen MR) is 49.1 cm³/mol. The molecule has 2 rings (SSSR count). The van der Waals surface area contributed by atoms with E-state index in [0.717, 1.165) is 0 Å². The lowest BCUT2D eigenvalue weighted by atomic mass is 9.91. The van der Waals surface area contributed by atoms with E-state index >= 15 is 0 Å². The second-order valence-corrected chi connectivity index (χ2v) is 2.24. The van der Waals surface area contributed by atoms with Gasteiger partial charge in [-0.3, -0.25) is 4.98 Å². The smallest absolute Gasteiger partial charge is 0.0428 e. The molecule has 12 heavy (non-hydrogen) atoms. The molecule has 0 bridgehead atoms. The van der Waals surface area contributed by atoms with Gasteiger partial charge in [-0.05, 0) is 49.3 Å². The molecule has 2 heterocycles. The van der Waals surface area contributed by atoms with Gasteiger partial charge in [0, 0.05) is 24.7 Å². The number of rotatable bonds is 1. The highest BCUT2D eigenvalue weighted by Crippen LogP contribution is 2.23. The van der Waals surface area contributed by atoms with Crippen molar-refractivity contribution in [3.8, 4) is 0 Å². The lowest BCUT2D eigenvalue weighted by Gasteiger charge is -2.22. The first-order chi connectivity index (χ1) is 9.31. The number of pyridine rings is 1. The van der Waals surface area contributed by atoms with Crippen LogP contribution in [-0.2, 0) is 0 Å². The van der Waals surface area contributed by atoms with Crippen molar-refractivity contribution in [1.29, 1.82) is 0 Å². The molecular formula is C10H14N2. The van der Waals surface area contributed by atoms with Crippen LogP contribution >= 0.6 is 0 Å². The van der Waals surface area contributed by atoms with Gasteiger partial charge in [-0.1, -0.05) is 0 Å². The molecule has 1 aromatic rings. The molecule has 1 aliphatic rings. The van der Waals surface area contributed by atoms with Gasteiger partial charge in [0.15, 0.2) is 0 Å². The molecule has 0 aromatic carbocycles. The highest BCUT2D eigenvalue weighted by atomic mass is 14.9. The average Bonchev–Trinajstić information content (AvgIpc) is 2.35. The fourth-order valence-electron chi connectivity index (χ4n) is 0.913. The first kappa shape index (κ1) is 2.55. The summed E-state index contributed by atoms with van der Waals surface area (Å²) in [5.74, 6) is -2.80. The van der Waals surface area contributed by atoms with Crippen LogP contribution in [-0.4, -0.2) is 18.0 Å². The fourth-order valence-corrected chi connectivity index (χ4v) is 0.913. The Balaban J connectivity index is 2.79. The Hall–Kier alpha value is -0.890. The summed E-state index contributed by atoms with van der Waals surface area (Å²) in [6.07, 6.45) is -3.61. The Kier molecular flexibility index (Phi) is 0.780. The molecule has 1 fully saturated rings. The molecule has 0 radical (unpaired) electrons. The standard InChI is InChI=1S/C10H14N2/c1-5-11-6-2-9(1)10-3-7-12-8-4-10/h1-2,5-6,10,12H,3-4,7-8H2/i3D2,4D2,7D2,8D2,10D. The predicted octanol–water partition coefficient (Wildman–Crippen LogP) is 1.55. The molecule has 1 aliphatic heterocycles. The largest absolute Gasteiger partial charge is 0.317 e. The first-order valence-electron chi connectivity index (χ1n) is 8.01. The Morgan fingerprint density at radius 2 is 2.08 bits per heavy atom. The van der Waals surface area contributed by atoms with Gasteiger partial charge in [0.05, 0.1) is 0 Å². The number of aromatic nitrogens is 1. The van der Waals surface area contributed by atoms with Gasteiger partial charge in [-0.15, -0.1) is 0 Å². The third kappa shape index (κ3) is 1.64. The average molecular weight is 171 g/mol. The van der Waals surface area contributed by atoms with E-state index in [0.29, 0.717) is 0 Å². The molecule has 0 atom stereocenters. The van der Waals surface area contributed by atoms with Crippen LogP contribution in [0.3, 0.4) is 0 Å². The Morgan fingerprint density at radius 1 is 1.42 bits per heavy atom. The normalized spacial score (nSPS) is 49.8. The zero-order valence-electron chi connectivity index (χ0n) is 15.3. The van der Waals surface area contributed by atoms with Crippen LogP contribution in [0.5, 0.6) is 0 Å². The summed E-state index contributed by atoms with van der Waals surface area (Å²) in [7, 11) is 0. The van der Waals surface area contributed by atoms with Gasteiger partial charge in [-0.2, -0.15) is 0 Å². The summed E-state index contributed by atoms with van der Waals surface area (Å²) in [5, 5.41) is 1.72. The van der Waals surface area contributed by atoms with Crippen molar-refractivity contribution in [2.24, 2.45) is 0 Å². The summed E-state index contributed by atoms with van der Waals surface area (Å²) in [6.45, 7) is -5.87. The van der Waals surface area contributed by atoms with Crippen LogP contribution in [0.2, 0.25) is 0 Å². The van der Waals surface area contributed by atoms with Gasteiger partial charge in [-0.25, -0.2) is 0 Å². The van der Waals surface area contributed by atoms with Crippen LogP contribution < -0.4 is 5.32 Å². The molecule has 1 saturated heterocycles. The minimum absolute atomic E-state index is 0.179. The van der Waals surface area contributed by atoms with Crippen LogP contribution in [0.4, 0.5) is 0 Å². The summed E-state index contributed by atoms with van der Waals surface area (Å²) in [4.78, 5) is 3.71. The molecule has 2 nitrogen and oxygen atoms in total. The maximum Gasteiger partial charge on any atom is 0.0428 e. The molecule has 0 amide bonds. The Morgan fingerprint density at radius 3 is 2.75 bits per heavy atom. The molecule has 2 heteroatoms.